The van der Waals surface area contributed by atoms with Gasteiger partial charge >= 0.3 is 0 Å². The lowest BCUT2D eigenvalue weighted by Gasteiger charge is -2.44. The lowest BCUT2D eigenvalue weighted by molar-refractivity contribution is -0.931. The van der Waals surface area contributed by atoms with Crippen molar-refractivity contribution < 1.29 is 42.7 Å². The second-order valence-corrected chi connectivity index (χ2v) is 8.15. The van der Waals surface area contributed by atoms with Crippen LogP contribution >= 0.6 is 0 Å². The Hall–Kier alpha value is -1.68. The molecule has 28 heavy (non-hydrogen) atoms. The van der Waals surface area contributed by atoms with E-state index in [-0.39, 0.29) is 24.0 Å². The smallest absolute Gasteiger partial charge is 0.161 e. The third kappa shape index (κ3) is 3.89. The fourth-order valence-electron chi connectivity index (χ4n) is 4.65. The van der Waals surface area contributed by atoms with E-state index in [9.17, 15) is 4.79 Å². The fourth-order valence-corrected chi connectivity index (χ4v) is 4.65. The molecule has 1 aromatic carbocycles. The fraction of sp³-hybridized carbons (Fsp3) is 0.550. The topological polar surface area (TPSA) is 66.2 Å². The van der Waals surface area contributed by atoms with Crippen LogP contribution in [-0.2, 0) is 6.61 Å². The quantitative estimate of drug-likeness (QED) is 0.309. The zero-order valence-electron chi connectivity index (χ0n) is 16.5. The average Bonchev–Trinajstić information content (AvgIpc) is 3.15. The van der Waals surface area contributed by atoms with Gasteiger partial charge < -0.3 is 37.9 Å². The molecule has 2 fully saturated rings. The number of benzene rings is 1. The summed E-state index contributed by atoms with van der Waals surface area (Å²) in [5, 5.41) is 8.66. The molecule has 2 aliphatic rings. The van der Waals surface area contributed by atoms with Crippen molar-refractivity contribution in [3.8, 4) is 11.5 Å². The van der Waals surface area contributed by atoms with E-state index in [4.69, 9.17) is 9.47 Å². The predicted octanol–water partition coefficient (Wildman–Crippen LogP) is -0.375. The standard InChI is InChI=1S/C20H27N4O3.HI/c1-24(2)17-5-6-18(24)10-16(9-17)23-11-15(21-22-23)13-27-19-7-4-14(12-25)8-20(19)26-3;/h4,7-8,11-12,16-18H,5-6,9-10,13H2,1-3H3;1H/q+1;/p-1/t16?,17-,18+;. The first-order chi connectivity index (χ1) is 13.0. The van der Waals surface area contributed by atoms with Gasteiger partial charge in [0.05, 0.1) is 45.5 Å². The van der Waals surface area contributed by atoms with Crippen molar-refractivity contribution in [3.63, 3.8) is 0 Å². The van der Waals surface area contributed by atoms with E-state index in [0.717, 1.165) is 41.4 Å². The van der Waals surface area contributed by atoms with Crippen molar-refractivity contribution in [2.24, 2.45) is 0 Å². The summed E-state index contributed by atoms with van der Waals surface area (Å²) < 4.78 is 14.3. The number of halogens is 1. The van der Waals surface area contributed by atoms with Gasteiger partial charge in [-0.2, -0.15) is 0 Å². The summed E-state index contributed by atoms with van der Waals surface area (Å²) in [7, 11) is 6.29. The number of ether oxygens (including phenoxy) is 2. The van der Waals surface area contributed by atoms with Gasteiger partial charge in [0.25, 0.3) is 0 Å². The summed E-state index contributed by atoms with van der Waals surface area (Å²) in [5.74, 6) is 1.13. The summed E-state index contributed by atoms with van der Waals surface area (Å²) in [5.41, 5.74) is 1.35. The summed E-state index contributed by atoms with van der Waals surface area (Å²) in [6.45, 7) is 0.317. The minimum atomic E-state index is 0. The number of carbonyl (C=O) groups excluding carboxylic acids is 1. The number of hydrogen-bond acceptors (Lipinski definition) is 5. The van der Waals surface area contributed by atoms with Crippen molar-refractivity contribution in [2.45, 2.75) is 50.4 Å². The van der Waals surface area contributed by atoms with Crippen LogP contribution in [0.3, 0.4) is 0 Å². The number of fused-ring (bicyclic) bond motifs is 2. The van der Waals surface area contributed by atoms with E-state index in [1.807, 2.05) is 10.9 Å². The Labute approximate surface area is 182 Å². The third-order valence-electron chi connectivity index (χ3n) is 6.43. The largest absolute Gasteiger partial charge is 1.00 e. The van der Waals surface area contributed by atoms with Crippen molar-refractivity contribution in [3.05, 3.63) is 35.7 Å². The number of aromatic nitrogens is 3. The highest BCUT2D eigenvalue weighted by Gasteiger charge is 2.49. The van der Waals surface area contributed by atoms with Gasteiger partial charge in [0, 0.05) is 31.2 Å². The maximum atomic E-state index is 10.9. The number of hydrogen-bond donors (Lipinski definition) is 0. The van der Waals surface area contributed by atoms with Crippen LogP contribution in [-0.4, -0.2) is 59.1 Å². The molecule has 2 aromatic rings. The molecule has 0 radical (unpaired) electrons. The van der Waals surface area contributed by atoms with Crippen molar-refractivity contribution >= 4 is 6.29 Å². The van der Waals surface area contributed by atoms with Gasteiger partial charge in [-0.25, -0.2) is 4.68 Å². The van der Waals surface area contributed by atoms with Crippen LogP contribution in [0.1, 0.15) is 47.8 Å². The van der Waals surface area contributed by atoms with Crippen molar-refractivity contribution in [1.82, 2.24) is 15.0 Å². The van der Waals surface area contributed by atoms with Crippen LogP contribution in [0.2, 0.25) is 0 Å². The molecule has 3 atom stereocenters. The number of carbonyl (C=O) groups is 1. The number of piperidine rings is 1. The molecule has 152 valence electrons. The maximum Gasteiger partial charge on any atom is 0.161 e. The minimum Gasteiger partial charge on any atom is -1.00 e. The summed E-state index contributed by atoms with van der Waals surface area (Å²) in [6, 6.07) is 6.98. The normalized spacial score (nSPS) is 25.0. The number of methoxy groups -OCH3 is 1. The molecule has 3 heterocycles. The zero-order valence-corrected chi connectivity index (χ0v) is 18.7. The Morgan fingerprint density at radius 2 is 1.93 bits per heavy atom. The Balaban J connectivity index is 0.00000225. The lowest BCUT2D eigenvalue weighted by atomic mass is 9.96. The number of nitrogens with zero attached hydrogens (tertiary/aromatic N) is 4. The molecule has 0 spiro atoms. The summed E-state index contributed by atoms with van der Waals surface area (Å²) in [4.78, 5) is 10.9. The highest BCUT2D eigenvalue weighted by molar-refractivity contribution is 5.76. The van der Waals surface area contributed by atoms with Crippen molar-refractivity contribution in [2.75, 3.05) is 21.2 Å². The molecule has 7 nitrogen and oxygen atoms in total. The van der Waals surface area contributed by atoms with Crippen LogP contribution in [0.15, 0.2) is 24.4 Å². The Kier molecular flexibility index (Phi) is 6.28. The zero-order chi connectivity index (χ0) is 19.0. The van der Waals surface area contributed by atoms with Crippen LogP contribution in [0.4, 0.5) is 0 Å². The maximum absolute atomic E-state index is 10.9. The molecule has 1 aromatic heterocycles. The molecule has 0 N–H and O–H groups in total. The van der Waals surface area contributed by atoms with Crippen LogP contribution in [0.25, 0.3) is 0 Å². The van der Waals surface area contributed by atoms with E-state index in [1.54, 1.807) is 25.3 Å². The number of quaternary nitrogens is 1. The summed E-state index contributed by atoms with van der Waals surface area (Å²) in [6.07, 6.45) is 7.74. The van der Waals surface area contributed by atoms with Crippen LogP contribution in [0.5, 0.6) is 11.5 Å². The van der Waals surface area contributed by atoms with Gasteiger partial charge in [-0.05, 0) is 18.2 Å². The monoisotopic (exact) mass is 498 g/mol. The number of rotatable bonds is 6. The van der Waals surface area contributed by atoms with Gasteiger partial charge in [0.1, 0.15) is 18.6 Å². The van der Waals surface area contributed by atoms with E-state index in [2.05, 4.69) is 24.4 Å². The molecular weight excluding hydrogens is 471 g/mol. The average molecular weight is 498 g/mol. The molecule has 0 amide bonds. The van der Waals surface area contributed by atoms with Gasteiger partial charge in [-0.1, -0.05) is 5.21 Å². The summed E-state index contributed by atoms with van der Waals surface area (Å²) >= 11 is 0. The van der Waals surface area contributed by atoms with Gasteiger partial charge in [-0.15, -0.1) is 5.10 Å². The number of aldehydes is 1. The van der Waals surface area contributed by atoms with Crippen LogP contribution in [0, 0.1) is 0 Å². The molecule has 1 unspecified atom stereocenters. The Morgan fingerprint density at radius 1 is 1.21 bits per heavy atom. The first kappa shape index (κ1) is 21.0. The Morgan fingerprint density at radius 3 is 2.57 bits per heavy atom. The molecule has 0 saturated carbocycles. The molecule has 4 rings (SSSR count). The van der Waals surface area contributed by atoms with Gasteiger partial charge in [-0.3, -0.25) is 4.79 Å². The molecular formula is C20H27IN4O3. The van der Waals surface area contributed by atoms with Crippen LogP contribution < -0.4 is 33.5 Å². The third-order valence-corrected chi connectivity index (χ3v) is 6.43. The molecule has 8 heteroatoms. The Bertz CT molecular complexity index is 823. The van der Waals surface area contributed by atoms with E-state index < -0.39 is 0 Å². The molecule has 0 aliphatic carbocycles. The lowest BCUT2D eigenvalue weighted by Crippen LogP contribution is -3.00. The minimum absolute atomic E-state index is 0. The second kappa shape index (κ2) is 8.36. The first-order valence-electron chi connectivity index (χ1n) is 9.51. The van der Waals surface area contributed by atoms with E-state index in [0.29, 0.717) is 29.7 Å². The molecule has 2 saturated heterocycles. The predicted molar refractivity (Wildman–Crippen MR) is 99.9 cm³/mol. The highest BCUT2D eigenvalue weighted by atomic mass is 127. The molecule has 2 aliphatic heterocycles. The SMILES string of the molecule is COc1cc(C=O)ccc1OCc1cn(C2C[C@H]3CC[C@@H](C2)[N+]3(C)C)nn1.[I-]. The van der Waals surface area contributed by atoms with Crippen molar-refractivity contribution in [1.29, 1.82) is 0 Å². The highest BCUT2D eigenvalue weighted by Crippen LogP contribution is 2.43. The first-order valence-corrected chi connectivity index (χ1v) is 9.51. The van der Waals surface area contributed by atoms with Gasteiger partial charge in [0.15, 0.2) is 11.5 Å². The van der Waals surface area contributed by atoms with E-state index in [1.165, 1.54) is 12.8 Å². The van der Waals surface area contributed by atoms with E-state index >= 15 is 0 Å². The van der Waals surface area contributed by atoms with Gasteiger partial charge in [0.2, 0.25) is 0 Å². The second-order valence-electron chi connectivity index (χ2n) is 8.15. The molecule has 2 bridgehead atoms.